The van der Waals surface area contributed by atoms with E-state index in [0.717, 1.165) is 24.3 Å². The Morgan fingerprint density at radius 1 is 1.13 bits per heavy atom. The van der Waals surface area contributed by atoms with Crippen molar-refractivity contribution in [2.24, 2.45) is 0 Å². The number of aromatic nitrogens is 1. The van der Waals surface area contributed by atoms with E-state index < -0.39 is 27.8 Å². The SMILES string of the molecule is CNc1ccc(C(=O)N2CCN(S(=O)(=O)c3ccc(C(F)(F)F)cc3)C[C@@H]2C)cn1.Cl. The number of rotatable bonds is 4. The van der Waals surface area contributed by atoms with E-state index in [1.807, 2.05) is 0 Å². The van der Waals surface area contributed by atoms with Crippen LogP contribution >= 0.6 is 12.4 Å². The first-order valence-electron chi connectivity index (χ1n) is 9.16. The second kappa shape index (κ2) is 9.41. The molecule has 12 heteroatoms. The van der Waals surface area contributed by atoms with Crippen molar-refractivity contribution in [2.75, 3.05) is 32.0 Å². The fraction of sp³-hybridized carbons (Fsp3) is 0.368. The Labute approximate surface area is 184 Å². The third-order valence-electron chi connectivity index (χ3n) is 4.94. The van der Waals surface area contributed by atoms with Crippen LogP contribution in [0.1, 0.15) is 22.8 Å². The first-order valence-corrected chi connectivity index (χ1v) is 10.6. The number of hydrogen-bond acceptors (Lipinski definition) is 5. The lowest BCUT2D eigenvalue weighted by Crippen LogP contribution is -2.55. The van der Waals surface area contributed by atoms with E-state index in [4.69, 9.17) is 0 Å². The Morgan fingerprint density at radius 3 is 2.26 bits per heavy atom. The van der Waals surface area contributed by atoms with E-state index in [0.29, 0.717) is 11.4 Å². The van der Waals surface area contributed by atoms with E-state index in [-0.39, 0.29) is 42.8 Å². The lowest BCUT2D eigenvalue weighted by molar-refractivity contribution is -0.137. The number of benzene rings is 1. The second-order valence-electron chi connectivity index (χ2n) is 6.91. The minimum absolute atomic E-state index is 0. The summed E-state index contributed by atoms with van der Waals surface area (Å²) in [6.45, 7) is 1.97. The molecule has 2 aromatic rings. The van der Waals surface area contributed by atoms with Crippen molar-refractivity contribution < 1.29 is 26.4 Å². The van der Waals surface area contributed by atoms with Crippen LogP contribution in [0.4, 0.5) is 19.0 Å². The number of carbonyl (C=O) groups excluding carboxylic acids is 1. The monoisotopic (exact) mass is 478 g/mol. The summed E-state index contributed by atoms with van der Waals surface area (Å²) in [5.41, 5.74) is -0.525. The first-order chi connectivity index (χ1) is 14.0. The number of nitrogens with zero attached hydrogens (tertiary/aromatic N) is 3. The summed E-state index contributed by atoms with van der Waals surface area (Å²) in [7, 11) is -2.26. The maximum atomic E-state index is 12.8. The van der Waals surface area contributed by atoms with Crippen LogP contribution in [0.5, 0.6) is 0 Å². The van der Waals surface area contributed by atoms with Crippen molar-refractivity contribution in [1.29, 1.82) is 0 Å². The molecule has 31 heavy (non-hydrogen) atoms. The molecule has 1 N–H and O–H groups in total. The number of piperazine rings is 1. The van der Waals surface area contributed by atoms with Gasteiger partial charge in [0.25, 0.3) is 5.91 Å². The summed E-state index contributed by atoms with van der Waals surface area (Å²) in [4.78, 5) is 18.2. The summed E-state index contributed by atoms with van der Waals surface area (Å²) in [5, 5.41) is 2.86. The molecule has 0 spiro atoms. The van der Waals surface area contributed by atoms with Crippen LogP contribution < -0.4 is 5.32 Å². The van der Waals surface area contributed by atoms with Crippen LogP contribution in [-0.2, 0) is 16.2 Å². The number of carbonyl (C=O) groups is 1. The number of hydrogen-bond donors (Lipinski definition) is 1. The molecule has 1 aromatic carbocycles. The van der Waals surface area contributed by atoms with Gasteiger partial charge in [-0.05, 0) is 43.3 Å². The van der Waals surface area contributed by atoms with Gasteiger partial charge in [-0.15, -0.1) is 12.4 Å². The summed E-state index contributed by atoms with van der Waals surface area (Å²) in [5.74, 6) is 0.358. The second-order valence-corrected chi connectivity index (χ2v) is 8.85. The van der Waals surface area contributed by atoms with Gasteiger partial charge >= 0.3 is 6.18 Å². The molecule has 0 unspecified atom stereocenters. The van der Waals surface area contributed by atoms with Crippen molar-refractivity contribution in [3.8, 4) is 0 Å². The van der Waals surface area contributed by atoms with Gasteiger partial charge in [-0.3, -0.25) is 4.79 Å². The van der Waals surface area contributed by atoms with Crippen LogP contribution in [0.15, 0.2) is 47.5 Å². The van der Waals surface area contributed by atoms with Crippen molar-refractivity contribution >= 4 is 34.2 Å². The molecule has 2 heterocycles. The molecular formula is C19H22ClF3N4O3S. The highest BCUT2D eigenvalue weighted by Crippen LogP contribution is 2.30. The van der Waals surface area contributed by atoms with Gasteiger partial charge < -0.3 is 10.2 Å². The number of anilines is 1. The topological polar surface area (TPSA) is 82.6 Å². The zero-order chi connectivity index (χ0) is 22.1. The smallest absolute Gasteiger partial charge is 0.373 e. The predicted molar refractivity (Wildman–Crippen MR) is 112 cm³/mol. The number of amides is 1. The fourth-order valence-corrected chi connectivity index (χ4v) is 4.76. The standard InChI is InChI=1S/C19H21F3N4O3S.ClH/c1-13-12-25(30(28,29)16-6-4-15(5-7-16)19(20,21)22)9-10-26(13)18(27)14-3-8-17(23-2)24-11-14;/h3-8,11,13H,9-10,12H2,1-2H3,(H,23,24);1H/t13-;/m0./s1. The molecular weight excluding hydrogens is 457 g/mol. The molecule has 0 aliphatic carbocycles. The van der Waals surface area contributed by atoms with E-state index in [9.17, 15) is 26.4 Å². The lowest BCUT2D eigenvalue weighted by atomic mass is 10.1. The maximum absolute atomic E-state index is 12.8. The quantitative estimate of drug-likeness (QED) is 0.730. The molecule has 1 saturated heterocycles. The van der Waals surface area contributed by atoms with Gasteiger partial charge in [-0.1, -0.05) is 0 Å². The van der Waals surface area contributed by atoms with Crippen molar-refractivity contribution in [3.63, 3.8) is 0 Å². The van der Waals surface area contributed by atoms with Gasteiger partial charge in [0.15, 0.2) is 0 Å². The summed E-state index contributed by atoms with van der Waals surface area (Å²) in [6, 6.07) is 6.29. The van der Waals surface area contributed by atoms with Gasteiger partial charge in [0.05, 0.1) is 16.0 Å². The van der Waals surface area contributed by atoms with Crippen LogP contribution in [0.2, 0.25) is 0 Å². The van der Waals surface area contributed by atoms with Gasteiger partial charge in [-0.25, -0.2) is 13.4 Å². The van der Waals surface area contributed by atoms with Gasteiger partial charge in [0.2, 0.25) is 10.0 Å². The van der Waals surface area contributed by atoms with Crippen molar-refractivity contribution in [3.05, 3.63) is 53.7 Å². The number of pyridine rings is 1. The highest BCUT2D eigenvalue weighted by Gasteiger charge is 2.35. The van der Waals surface area contributed by atoms with Gasteiger partial charge in [0.1, 0.15) is 5.82 Å². The molecule has 7 nitrogen and oxygen atoms in total. The summed E-state index contributed by atoms with van der Waals surface area (Å²) < 4.78 is 65.0. The zero-order valence-corrected chi connectivity index (χ0v) is 18.4. The van der Waals surface area contributed by atoms with Crippen LogP contribution in [0.25, 0.3) is 0 Å². The van der Waals surface area contributed by atoms with Crippen molar-refractivity contribution in [1.82, 2.24) is 14.2 Å². The van der Waals surface area contributed by atoms with Crippen LogP contribution in [0.3, 0.4) is 0 Å². The average Bonchev–Trinajstić information content (AvgIpc) is 2.72. The molecule has 1 aliphatic rings. The largest absolute Gasteiger partial charge is 0.416 e. The Bertz CT molecular complexity index is 1020. The Balaban J connectivity index is 0.00000341. The molecule has 1 aromatic heterocycles. The first kappa shape index (κ1) is 24.9. The third-order valence-corrected chi connectivity index (χ3v) is 6.82. The van der Waals surface area contributed by atoms with E-state index in [1.54, 1.807) is 31.0 Å². The molecule has 1 amide bonds. The fourth-order valence-electron chi connectivity index (χ4n) is 3.24. The van der Waals surface area contributed by atoms with E-state index in [2.05, 4.69) is 10.3 Å². The summed E-state index contributed by atoms with van der Waals surface area (Å²) in [6.07, 6.45) is -3.09. The average molecular weight is 479 g/mol. The molecule has 0 radical (unpaired) electrons. The maximum Gasteiger partial charge on any atom is 0.416 e. The summed E-state index contributed by atoms with van der Waals surface area (Å²) >= 11 is 0. The van der Waals surface area contributed by atoms with Gasteiger partial charge in [-0.2, -0.15) is 17.5 Å². The highest BCUT2D eigenvalue weighted by molar-refractivity contribution is 7.89. The molecule has 0 saturated carbocycles. The predicted octanol–water partition coefficient (Wildman–Crippen LogP) is 3.10. The molecule has 1 fully saturated rings. The van der Waals surface area contributed by atoms with Crippen molar-refractivity contribution in [2.45, 2.75) is 24.0 Å². The Morgan fingerprint density at radius 2 is 1.77 bits per heavy atom. The highest BCUT2D eigenvalue weighted by atomic mass is 35.5. The zero-order valence-electron chi connectivity index (χ0n) is 16.8. The lowest BCUT2D eigenvalue weighted by Gasteiger charge is -2.39. The third kappa shape index (κ3) is 5.28. The minimum atomic E-state index is -4.54. The Hall–Kier alpha value is -2.37. The molecule has 0 bridgehead atoms. The number of sulfonamides is 1. The molecule has 3 rings (SSSR count). The normalized spacial score (nSPS) is 17.7. The number of alkyl halides is 3. The van der Waals surface area contributed by atoms with Crippen LogP contribution in [0, 0.1) is 0 Å². The van der Waals surface area contributed by atoms with E-state index >= 15 is 0 Å². The van der Waals surface area contributed by atoms with E-state index in [1.165, 1.54) is 10.5 Å². The number of nitrogens with one attached hydrogen (secondary N) is 1. The Kier molecular flexibility index (Phi) is 7.56. The molecule has 1 atom stereocenters. The van der Waals surface area contributed by atoms with Gasteiger partial charge in [0, 0.05) is 38.9 Å². The molecule has 1 aliphatic heterocycles. The van der Waals surface area contributed by atoms with Crippen LogP contribution in [-0.4, -0.2) is 61.2 Å². The minimum Gasteiger partial charge on any atom is -0.373 e. The molecule has 170 valence electrons. The number of halogens is 4.